The summed E-state index contributed by atoms with van der Waals surface area (Å²) in [5.74, 6) is -0.321. The van der Waals surface area contributed by atoms with Gasteiger partial charge in [-0.05, 0) is 36.8 Å². The minimum absolute atomic E-state index is 0.0514. The van der Waals surface area contributed by atoms with Crippen LogP contribution >= 0.6 is 23.2 Å². The smallest absolute Gasteiger partial charge is 0.278 e. The van der Waals surface area contributed by atoms with Crippen molar-refractivity contribution in [2.24, 2.45) is 0 Å². The number of ketones is 1. The average Bonchev–Trinajstić information content (AvgIpc) is 3.48. The molecular weight excluding hydrogens is 399 g/mol. The third-order valence-electron chi connectivity index (χ3n) is 4.54. The molecular formula is C21H16Cl2N2O3. The fraction of sp³-hybridized carbons (Fsp3) is 0.190. The van der Waals surface area contributed by atoms with Crippen LogP contribution in [0.4, 0.5) is 0 Å². The second kappa shape index (κ2) is 7.51. The zero-order valence-corrected chi connectivity index (χ0v) is 16.5. The van der Waals surface area contributed by atoms with Gasteiger partial charge in [0.25, 0.3) is 5.56 Å². The Balaban J connectivity index is 2.03. The number of carbonyl (C=O) groups is 1. The van der Waals surface area contributed by atoms with Gasteiger partial charge in [-0.1, -0.05) is 47.5 Å². The van der Waals surface area contributed by atoms with Crippen molar-refractivity contribution in [2.45, 2.75) is 19.6 Å². The lowest BCUT2D eigenvalue weighted by Crippen LogP contribution is -2.31. The van der Waals surface area contributed by atoms with E-state index in [4.69, 9.17) is 27.9 Å². The maximum absolute atomic E-state index is 13.0. The number of aromatic nitrogens is 2. The first kappa shape index (κ1) is 18.9. The Morgan fingerprint density at radius 2 is 1.61 bits per heavy atom. The molecule has 7 heteroatoms. The summed E-state index contributed by atoms with van der Waals surface area (Å²) in [5, 5.41) is 5.74. The molecule has 0 aliphatic carbocycles. The molecule has 1 aliphatic heterocycles. The van der Waals surface area contributed by atoms with Gasteiger partial charge in [-0.3, -0.25) is 9.59 Å². The quantitative estimate of drug-likeness (QED) is 0.455. The number of nitrogens with zero attached hydrogens (tertiary/aromatic N) is 2. The van der Waals surface area contributed by atoms with Crippen molar-refractivity contribution >= 4 is 29.0 Å². The number of hydrogen-bond donors (Lipinski definition) is 0. The van der Waals surface area contributed by atoms with Crippen molar-refractivity contribution in [3.63, 3.8) is 0 Å². The molecule has 4 rings (SSSR count). The third kappa shape index (κ3) is 3.74. The number of Topliss-reactive ketones (excluding diaryl/α,β-unsaturated/α-hetero) is 1. The van der Waals surface area contributed by atoms with E-state index in [1.54, 1.807) is 36.4 Å². The van der Waals surface area contributed by atoms with Gasteiger partial charge in [0.2, 0.25) is 0 Å². The number of benzene rings is 2. The number of ether oxygens (including phenoxy) is 1. The monoisotopic (exact) mass is 414 g/mol. The summed E-state index contributed by atoms with van der Waals surface area (Å²) >= 11 is 12.0. The second-order valence-electron chi connectivity index (χ2n) is 6.61. The van der Waals surface area contributed by atoms with Crippen molar-refractivity contribution in [2.75, 3.05) is 6.61 Å². The molecule has 0 bridgehead atoms. The molecule has 1 saturated heterocycles. The lowest BCUT2D eigenvalue weighted by atomic mass is 9.94. The van der Waals surface area contributed by atoms with Crippen LogP contribution in [0.25, 0.3) is 22.4 Å². The van der Waals surface area contributed by atoms with E-state index in [9.17, 15) is 9.59 Å². The van der Waals surface area contributed by atoms with Crippen LogP contribution in [0.5, 0.6) is 0 Å². The van der Waals surface area contributed by atoms with Gasteiger partial charge in [-0.15, -0.1) is 0 Å². The number of halogens is 2. The standard InChI is InChI=1S/C21H16Cl2N2O3/c1-12(26)18-19(13-2-6-15(22)7-3-13)20(14-4-8-16(23)9-5-14)24-25(21(18)27)10-17-11-28-17/h2-9,17H,10-11H2,1H3. The fourth-order valence-electron chi connectivity index (χ4n) is 3.09. The molecule has 0 spiro atoms. The summed E-state index contributed by atoms with van der Waals surface area (Å²) < 4.78 is 6.56. The molecule has 28 heavy (non-hydrogen) atoms. The van der Waals surface area contributed by atoms with Crippen LogP contribution in [0.2, 0.25) is 10.0 Å². The number of epoxide rings is 1. The summed E-state index contributed by atoms with van der Waals surface area (Å²) in [6.45, 7) is 2.28. The van der Waals surface area contributed by atoms with Gasteiger partial charge in [0.15, 0.2) is 5.78 Å². The Bertz CT molecular complexity index is 1100. The molecule has 5 nitrogen and oxygen atoms in total. The van der Waals surface area contributed by atoms with E-state index >= 15 is 0 Å². The zero-order valence-electron chi connectivity index (χ0n) is 15.0. The lowest BCUT2D eigenvalue weighted by molar-refractivity contribution is 0.101. The van der Waals surface area contributed by atoms with Crippen LogP contribution < -0.4 is 5.56 Å². The zero-order chi connectivity index (χ0) is 19.8. The van der Waals surface area contributed by atoms with E-state index in [1.165, 1.54) is 11.6 Å². The molecule has 1 aromatic heterocycles. The van der Waals surface area contributed by atoms with Crippen LogP contribution in [0.15, 0.2) is 53.3 Å². The first-order chi connectivity index (χ1) is 13.4. The molecule has 3 aromatic rings. The normalized spacial score (nSPS) is 15.5. The topological polar surface area (TPSA) is 64.5 Å². The largest absolute Gasteiger partial charge is 0.371 e. The highest BCUT2D eigenvalue weighted by Gasteiger charge is 2.28. The lowest BCUT2D eigenvalue weighted by Gasteiger charge is -2.16. The van der Waals surface area contributed by atoms with E-state index in [1.807, 2.05) is 12.1 Å². The van der Waals surface area contributed by atoms with E-state index < -0.39 is 5.56 Å². The molecule has 0 amide bonds. The van der Waals surface area contributed by atoms with Gasteiger partial charge in [-0.25, -0.2) is 4.68 Å². The summed E-state index contributed by atoms with van der Waals surface area (Å²) in [6.07, 6.45) is -0.0514. The summed E-state index contributed by atoms with van der Waals surface area (Å²) in [5.41, 5.74) is 2.14. The first-order valence-corrected chi connectivity index (χ1v) is 9.49. The number of carbonyl (C=O) groups excluding carboxylic acids is 1. The van der Waals surface area contributed by atoms with Crippen LogP contribution in [-0.4, -0.2) is 28.3 Å². The Morgan fingerprint density at radius 1 is 1.07 bits per heavy atom. The van der Waals surface area contributed by atoms with Crippen molar-refractivity contribution in [1.82, 2.24) is 9.78 Å². The van der Waals surface area contributed by atoms with Crippen molar-refractivity contribution in [3.8, 4) is 22.4 Å². The Hall–Kier alpha value is -2.47. The molecule has 1 unspecified atom stereocenters. The predicted molar refractivity (Wildman–Crippen MR) is 109 cm³/mol. The SMILES string of the molecule is CC(=O)c1c(-c2ccc(Cl)cc2)c(-c2ccc(Cl)cc2)nn(CC2CO2)c1=O. The maximum Gasteiger partial charge on any atom is 0.278 e. The average molecular weight is 415 g/mol. The van der Waals surface area contributed by atoms with E-state index in [2.05, 4.69) is 5.10 Å². The molecule has 0 N–H and O–H groups in total. The number of rotatable bonds is 5. The van der Waals surface area contributed by atoms with Crippen LogP contribution in [0.3, 0.4) is 0 Å². The summed E-state index contributed by atoms with van der Waals surface area (Å²) in [6, 6.07) is 14.1. The molecule has 0 radical (unpaired) electrons. The predicted octanol–water partition coefficient (Wildman–Crippen LogP) is 4.49. The van der Waals surface area contributed by atoms with Crippen molar-refractivity contribution in [1.29, 1.82) is 0 Å². The molecule has 1 aliphatic rings. The van der Waals surface area contributed by atoms with Gasteiger partial charge >= 0.3 is 0 Å². The van der Waals surface area contributed by atoms with Gasteiger partial charge in [0.1, 0.15) is 6.10 Å². The third-order valence-corrected chi connectivity index (χ3v) is 5.04. The van der Waals surface area contributed by atoms with Crippen LogP contribution in [-0.2, 0) is 11.3 Å². The highest BCUT2D eigenvalue weighted by atomic mass is 35.5. The van der Waals surface area contributed by atoms with Gasteiger partial charge < -0.3 is 4.74 Å². The molecule has 2 heterocycles. The van der Waals surface area contributed by atoms with E-state index in [0.29, 0.717) is 40.0 Å². The van der Waals surface area contributed by atoms with Crippen molar-refractivity contribution in [3.05, 3.63) is 74.5 Å². The Labute approximate surface area is 171 Å². The minimum atomic E-state index is -0.425. The van der Waals surface area contributed by atoms with E-state index in [-0.39, 0.29) is 17.5 Å². The fourth-order valence-corrected chi connectivity index (χ4v) is 3.35. The number of hydrogen-bond acceptors (Lipinski definition) is 4. The highest BCUT2D eigenvalue weighted by Crippen LogP contribution is 2.33. The molecule has 0 saturated carbocycles. The second-order valence-corrected chi connectivity index (χ2v) is 7.48. The van der Waals surface area contributed by atoms with Crippen LogP contribution in [0.1, 0.15) is 17.3 Å². The first-order valence-electron chi connectivity index (χ1n) is 8.73. The minimum Gasteiger partial charge on any atom is -0.371 e. The summed E-state index contributed by atoms with van der Waals surface area (Å²) in [4.78, 5) is 25.5. The maximum atomic E-state index is 13.0. The Kier molecular flexibility index (Phi) is 5.06. The van der Waals surface area contributed by atoms with E-state index in [0.717, 1.165) is 5.56 Å². The Morgan fingerprint density at radius 3 is 2.11 bits per heavy atom. The van der Waals surface area contributed by atoms with Crippen molar-refractivity contribution < 1.29 is 9.53 Å². The van der Waals surface area contributed by atoms with Crippen LogP contribution in [0, 0.1) is 0 Å². The summed E-state index contributed by atoms with van der Waals surface area (Å²) in [7, 11) is 0. The van der Waals surface area contributed by atoms with Gasteiger partial charge in [0, 0.05) is 21.2 Å². The van der Waals surface area contributed by atoms with Gasteiger partial charge in [-0.2, -0.15) is 5.10 Å². The molecule has 1 fully saturated rings. The molecule has 1 atom stereocenters. The highest BCUT2D eigenvalue weighted by molar-refractivity contribution is 6.31. The van der Waals surface area contributed by atoms with Gasteiger partial charge in [0.05, 0.1) is 24.4 Å². The molecule has 2 aromatic carbocycles. The molecule has 142 valence electrons.